The average molecular weight is 262 g/mol. The predicted octanol–water partition coefficient (Wildman–Crippen LogP) is 2.82. The zero-order valence-electron chi connectivity index (χ0n) is 8.69. The van der Waals surface area contributed by atoms with Crippen molar-refractivity contribution in [2.75, 3.05) is 13.2 Å². The van der Waals surface area contributed by atoms with Gasteiger partial charge in [0.1, 0.15) is 0 Å². The fourth-order valence-electron chi connectivity index (χ4n) is 1.54. The molecule has 1 aliphatic heterocycles. The zero-order chi connectivity index (χ0) is 12.4. The summed E-state index contributed by atoms with van der Waals surface area (Å²) >= 11 is 5.82. The quantitative estimate of drug-likeness (QED) is 0.607. The van der Waals surface area contributed by atoms with Crippen LogP contribution in [0, 0.1) is 15.9 Å². The van der Waals surface area contributed by atoms with Crippen LogP contribution in [0.4, 0.5) is 10.1 Å². The molecule has 0 spiro atoms. The summed E-state index contributed by atoms with van der Waals surface area (Å²) < 4.78 is 23.8. The molecule has 17 heavy (non-hydrogen) atoms. The maximum absolute atomic E-state index is 13.2. The number of hydrogen-bond donors (Lipinski definition) is 0. The Bertz CT molecular complexity index is 448. The Morgan fingerprint density at radius 2 is 2.06 bits per heavy atom. The molecule has 1 aromatic rings. The Balaban J connectivity index is 2.38. The van der Waals surface area contributed by atoms with Crippen LogP contribution in [0.15, 0.2) is 12.1 Å². The summed E-state index contributed by atoms with van der Waals surface area (Å²) in [5.74, 6) is -0.973. The zero-order valence-corrected chi connectivity index (χ0v) is 9.45. The van der Waals surface area contributed by atoms with Gasteiger partial charge in [0.25, 0.3) is 0 Å². The molecule has 1 heterocycles. The van der Waals surface area contributed by atoms with Crippen LogP contribution in [-0.4, -0.2) is 18.1 Å². The summed E-state index contributed by atoms with van der Waals surface area (Å²) in [5.41, 5.74) is -0.360. The Hall–Kier alpha value is -1.24. The van der Waals surface area contributed by atoms with Crippen LogP contribution < -0.4 is 0 Å². The van der Waals surface area contributed by atoms with Gasteiger partial charge in [-0.3, -0.25) is 10.1 Å². The minimum absolute atomic E-state index is 0.0556. The summed E-state index contributed by atoms with van der Waals surface area (Å²) in [7, 11) is 0. The third-order valence-corrected chi connectivity index (χ3v) is 2.67. The van der Waals surface area contributed by atoms with Crippen LogP contribution in [0.1, 0.15) is 18.3 Å². The van der Waals surface area contributed by atoms with Crippen LogP contribution in [0.5, 0.6) is 0 Å². The van der Waals surface area contributed by atoms with E-state index in [0.29, 0.717) is 13.2 Å². The molecule has 0 radical (unpaired) electrons. The van der Waals surface area contributed by atoms with Gasteiger partial charge >= 0.3 is 5.69 Å². The molecule has 1 aliphatic rings. The van der Waals surface area contributed by atoms with Crippen LogP contribution in [0.3, 0.4) is 0 Å². The first-order chi connectivity index (χ1) is 8.09. The lowest BCUT2D eigenvalue weighted by atomic mass is 10.1. The van der Waals surface area contributed by atoms with E-state index in [2.05, 4.69) is 0 Å². The molecule has 0 N–H and O–H groups in total. The van der Waals surface area contributed by atoms with Gasteiger partial charge in [0, 0.05) is 17.7 Å². The molecule has 0 aliphatic carbocycles. The maximum Gasteiger partial charge on any atom is 0.305 e. The lowest BCUT2D eigenvalue weighted by molar-refractivity contribution is -0.387. The molecule has 7 heteroatoms. The Morgan fingerprint density at radius 1 is 1.41 bits per heavy atom. The summed E-state index contributed by atoms with van der Waals surface area (Å²) in [6, 6.07) is 1.95. The van der Waals surface area contributed by atoms with E-state index >= 15 is 0 Å². The van der Waals surface area contributed by atoms with Gasteiger partial charge in [-0.2, -0.15) is 4.39 Å². The highest BCUT2D eigenvalue weighted by Crippen LogP contribution is 2.33. The molecule has 0 amide bonds. The molecule has 1 saturated heterocycles. The lowest BCUT2D eigenvalue weighted by Crippen LogP contribution is -2.18. The first kappa shape index (κ1) is 12.2. The van der Waals surface area contributed by atoms with Crippen LogP contribution in [0.25, 0.3) is 0 Å². The minimum atomic E-state index is -0.973. The summed E-state index contributed by atoms with van der Waals surface area (Å²) in [6.07, 6.45) is -0.0206. The molecule has 1 fully saturated rings. The largest absolute Gasteiger partial charge is 0.348 e. The average Bonchev–Trinajstić information content (AvgIpc) is 2.29. The summed E-state index contributed by atoms with van der Waals surface area (Å²) in [6.45, 7) is 0.957. The van der Waals surface area contributed by atoms with E-state index in [1.807, 2.05) is 0 Å². The Morgan fingerprint density at radius 3 is 2.65 bits per heavy atom. The van der Waals surface area contributed by atoms with E-state index in [1.165, 1.54) is 0 Å². The van der Waals surface area contributed by atoms with Crippen molar-refractivity contribution in [2.45, 2.75) is 12.7 Å². The van der Waals surface area contributed by atoms with Crippen molar-refractivity contribution in [1.29, 1.82) is 0 Å². The van der Waals surface area contributed by atoms with Crippen LogP contribution in [-0.2, 0) is 9.47 Å². The highest BCUT2D eigenvalue weighted by atomic mass is 35.5. The van der Waals surface area contributed by atoms with Crippen LogP contribution in [0.2, 0.25) is 5.02 Å². The number of rotatable bonds is 2. The topological polar surface area (TPSA) is 61.6 Å². The van der Waals surface area contributed by atoms with E-state index in [0.717, 1.165) is 18.6 Å². The molecule has 2 rings (SSSR count). The normalized spacial score (nSPS) is 17.1. The molecule has 0 atom stereocenters. The molecule has 92 valence electrons. The first-order valence-corrected chi connectivity index (χ1v) is 5.34. The molecule has 5 nitrogen and oxygen atoms in total. The van der Waals surface area contributed by atoms with E-state index in [9.17, 15) is 14.5 Å². The van der Waals surface area contributed by atoms with Gasteiger partial charge < -0.3 is 9.47 Å². The molecule has 1 aromatic carbocycles. The monoisotopic (exact) mass is 261 g/mol. The standard InChI is InChI=1S/C10H9ClFNO4/c11-7-5-8(12)9(13(14)15)4-6(7)10-16-2-1-3-17-10/h4-5,10H,1-3H2. The number of halogens is 2. The maximum atomic E-state index is 13.2. The number of nitro benzene ring substituents is 1. The summed E-state index contributed by atoms with van der Waals surface area (Å²) in [4.78, 5) is 9.80. The molecule has 0 aromatic heterocycles. The molecule has 0 saturated carbocycles. The van der Waals surface area contributed by atoms with Gasteiger partial charge in [-0.15, -0.1) is 0 Å². The van der Waals surface area contributed by atoms with Gasteiger partial charge in [-0.05, 0) is 6.42 Å². The highest BCUT2D eigenvalue weighted by molar-refractivity contribution is 6.31. The van der Waals surface area contributed by atoms with Gasteiger partial charge in [-0.1, -0.05) is 11.6 Å². The van der Waals surface area contributed by atoms with Crippen molar-refractivity contribution in [3.8, 4) is 0 Å². The Kier molecular flexibility index (Phi) is 3.56. The van der Waals surface area contributed by atoms with Gasteiger partial charge in [-0.25, -0.2) is 0 Å². The number of benzene rings is 1. The predicted molar refractivity (Wildman–Crippen MR) is 57.3 cm³/mol. The van der Waals surface area contributed by atoms with E-state index in [4.69, 9.17) is 21.1 Å². The third kappa shape index (κ3) is 2.54. The smallest absolute Gasteiger partial charge is 0.305 e. The summed E-state index contributed by atoms with van der Waals surface area (Å²) in [5, 5.41) is 10.7. The highest BCUT2D eigenvalue weighted by Gasteiger charge is 2.25. The van der Waals surface area contributed by atoms with Crippen molar-refractivity contribution >= 4 is 17.3 Å². The number of ether oxygens (including phenoxy) is 2. The fourth-order valence-corrected chi connectivity index (χ4v) is 1.78. The first-order valence-electron chi connectivity index (χ1n) is 4.96. The third-order valence-electron chi connectivity index (χ3n) is 2.34. The van der Waals surface area contributed by atoms with E-state index in [1.54, 1.807) is 0 Å². The lowest BCUT2D eigenvalue weighted by Gasteiger charge is -2.24. The second-order valence-corrected chi connectivity index (χ2v) is 3.92. The second kappa shape index (κ2) is 4.95. The van der Waals surface area contributed by atoms with Crippen LogP contribution >= 0.6 is 11.6 Å². The number of nitrogens with zero attached hydrogens (tertiary/aromatic N) is 1. The molecular weight excluding hydrogens is 253 g/mol. The van der Waals surface area contributed by atoms with Gasteiger partial charge in [0.2, 0.25) is 5.82 Å². The van der Waals surface area contributed by atoms with Crippen molar-refractivity contribution in [3.05, 3.63) is 38.7 Å². The molecule has 0 unspecified atom stereocenters. The van der Waals surface area contributed by atoms with Crippen molar-refractivity contribution in [1.82, 2.24) is 0 Å². The van der Waals surface area contributed by atoms with Crippen molar-refractivity contribution in [2.24, 2.45) is 0 Å². The van der Waals surface area contributed by atoms with Crippen molar-refractivity contribution in [3.63, 3.8) is 0 Å². The van der Waals surface area contributed by atoms with E-state index < -0.39 is 22.7 Å². The number of hydrogen-bond acceptors (Lipinski definition) is 4. The SMILES string of the molecule is O=[N+]([O-])c1cc(C2OCCCO2)c(Cl)cc1F. The number of nitro groups is 1. The molecular formula is C10H9ClFNO4. The van der Waals surface area contributed by atoms with Gasteiger partial charge in [0.15, 0.2) is 6.29 Å². The van der Waals surface area contributed by atoms with Gasteiger partial charge in [0.05, 0.1) is 23.2 Å². The second-order valence-electron chi connectivity index (χ2n) is 3.51. The fraction of sp³-hybridized carbons (Fsp3) is 0.400. The van der Waals surface area contributed by atoms with Crippen molar-refractivity contribution < 1.29 is 18.8 Å². The van der Waals surface area contributed by atoms with E-state index in [-0.39, 0.29) is 10.6 Å². The molecule has 0 bridgehead atoms. The Labute approximate surface area is 101 Å². The minimum Gasteiger partial charge on any atom is -0.348 e.